The molecular formula is C17H20ClN3S2. The molecular weight excluding hydrogens is 346 g/mol. The number of thiophene rings is 2. The van der Waals surface area contributed by atoms with Crippen LogP contribution >= 0.6 is 35.1 Å². The van der Waals surface area contributed by atoms with Gasteiger partial charge in [-0.3, -0.25) is 10.00 Å². The maximum Gasteiger partial charge on any atom is 0.0794 e. The molecule has 3 aromatic rings. The Morgan fingerprint density at radius 2 is 2.22 bits per heavy atom. The van der Waals surface area contributed by atoms with Crippen molar-refractivity contribution in [1.29, 1.82) is 0 Å². The van der Waals surface area contributed by atoms with Crippen LogP contribution in [0.5, 0.6) is 0 Å². The number of rotatable bonds is 4. The summed E-state index contributed by atoms with van der Waals surface area (Å²) in [5, 5.41) is 11.8. The summed E-state index contributed by atoms with van der Waals surface area (Å²) in [5.41, 5.74) is 4.03. The largest absolute Gasteiger partial charge is 0.292 e. The molecule has 0 aromatic carbocycles. The summed E-state index contributed by atoms with van der Waals surface area (Å²) in [6.45, 7) is 4.40. The standard InChI is InChI=1S/C17H19N3S2.ClH/c1-2-14-13-6-9-22-15(13)5-7-20(14)11-12-10-18-19-17(12)16-4-3-8-21-16;/h3-4,6,8-10,14H,2,5,7,11H2,1H3,(H,18,19);1H. The van der Waals surface area contributed by atoms with Gasteiger partial charge in [0, 0.05) is 29.6 Å². The Bertz CT molecular complexity index is 748. The lowest BCUT2D eigenvalue weighted by molar-refractivity contribution is 0.173. The van der Waals surface area contributed by atoms with Crippen LogP contribution in [0.1, 0.15) is 35.4 Å². The van der Waals surface area contributed by atoms with Crippen molar-refractivity contribution in [3.63, 3.8) is 0 Å². The van der Waals surface area contributed by atoms with E-state index in [1.54, 1.807) is 21.8 Å². The van der Waals surface area contributed by atoms with Gasteiger partial charge in [0.15, 0.2) is 0 Å². The Balaban J connectivity index is 0.00000156. The Kier molecular flexibility index (Phi) is 5.21. The van der Waals surface area contributed by atoms with E-state index in [1.165, 1.54) is 22.6 Å². The molecule has 0 fully saturated rings. The number of H-pyrrole nitrogens is 1. The summed E-state index contributed by atoms with van der Waals surface area (Å²) in [5.74, 6) is 0. The van der Waals surface area contributed by atoms with E-state index in [0.717, 1.165) is 19.5 Å². The first-order valence-corrected chi connectivity index (χ1v) is 9.49. The minimum atomic E-state index is 0. The number of nitrogens with zero attached hydrogens (tertiary/aromatic N) is 2. The molecule has 1 aliphatic heterocycles. The van der Waals surface area contributed by atoms with Gasteiger partial charge in [-0.15, -0.1) is 35.1 Å². The van der Waals surface area contributed by atoms with Gasteiger partial charge >= 0.3 is 0 Å². The number of halogens is 1. The van der Waals surface area contributed by atoms with Crippen molar-refractivity contribution in [2.24, 2.45) is 0 Å². The normalized spacial score (nSPS) is 17.7. The van der Waals surface area contributed by atoms with Crippen LogP contribution in [-0.4, -0.2) is 21.6 Å². The second kappa shape index (κ2) is 7.18. The molecule has 3 aromatic heterocycles. The quantitative estimate of drug-likeness (QED) is 0.694. The Morgan fingerprint density at radius 3 is 3.00 bits per heavy atom. The summed E-state index contributed by atoms with van der Waals surface area (Å²) in [4.78, 5) is 5.46. The molecule has 0 spiro atoms. The molecule has 23 heavy (non-hydrogen) atoms. The fourth-order valence-electron chi connectivity index (χ4n) is 3.40. The minimum absolute atomic E-state index is 0. The Morgan fingerprint density at radius 1 is 1.30 bits per heavy atom. The van der Waals surface area contributed by atoms with Gasteiger partial charge in [0.05, 0.1) is 16.8 Å². The number of nitrogens with one attached hydrogen (secondary N) is 1. The molecule has 1 N–H and O–H groups in total. The third-order valence-electron chi connectivity index (χ3n) is 4.45. The van der Waals surface area contributed by atoms with Crippen LogP contribution in [0.15, 0.2) is 35.2 Å². The average molecular weight is 366 g/mol. The van der Waals surface area contributed by atoms with Gasteiger partial charge < -0.3 is 0 Å². The van der Waals surface area contributed by atoms with Crippen LogP contribution in [0.25, 0.3) is 10.6 Å². The molecule has 0 saturated carbocycles. The second-order valence-electron chi connectivity index (χ2n) is 5.69. The monoisotopic (exact) mass is 365 g/mol. The van der Waals surface area contributed by atoms with Crippen molar-refractivity contribution in [3.05, 3.63) is 51.2 Å². The fraction of sp³-hybridized carbons (Fsp3) is 0.353. The van der Waals surface area contributed by atoms with Gasteiger partial charge in [0.1, 0.15) is 0 Å². The van der Waals surface area contributed by atoms with Crippen molar-refractivity contribution in [1.82, 2.24) is 15.1 Å². The van der Waals surface area contributed by atoms with Gasteiger partial charge in [0.25, 0.3) is 0 Å². The fourth-order valence-corrected chi connectivity index (χ4v) is 5.08. The maximum atomic E-state index is 4.29. The zero-order valence-electron chi connectivity index (χ0n) is 13.0. The van der Waals surface area contributed by atoms with Crippen LogP contribution in [0, 0.1) is 0 Å². The summed E-state index contributed by atoms with van der Waals surface area (Å²) in [6, 6.07) is 7.11. The van der Waals surface area contributed by atoms with Crippen LogP contribution in [0.3, 0.4) is 0 Å². The summed E-state index contributed by atoms with van der Waals surface area (Å²) < 4.78 is 0. The van der Waals surface area contributed by atoms with E-state index in [2.05, 4.69) is 51.0 Å². The molecule has 122 valence electrons. The lowest BCUT2D eigenvalue weighted by Crippen LogP contribution is -2.33. The maximum absolute atomic E-state index is 4.29. The van der Waals surface area contributed by atoms with Gasteiger partial charge in [-0.25, -0.2) is 0 Å². The third-order valence-corrected chi connectivity index (χ3v) is 6.34. The highest BCUT2D eigenvalue weighted by Crippen LogP contribution is 2.37. The summed E-state index contributed by atoms with van der Waals surface area (Å²) in [7, 11) is 0. The van der Waals surface area contributed by atoms with E-state index in [9.17, 15) is 0 Å². The van der Waals surface area contributed by atoms with Crippen molar-refractivity contribution in [2.45, 2.75) is 32.4 Å². The Hall–Kier alpha value is -1.14. The van der Waals surface area contributed by atoms with E-state index in [4.69, 9.17) is 0 Å². The molecule has 3 nitrogen and oxygen atoms in total. The molecule has 0 saturated heterocycles. The van der Waals surface area contributed by atoms with E-state index in [1.807, 2.05) is 17.5 Å². The molecule has 4 rings (SSSR count). The third kappa shape index (κ3) is 3.11. The molecule has 0 bridgehead atoms. The first-order chi connectivity index (χ1) is 10.9. The van der Waals surface area contributed by atoms with Crippen LogP contribution < -0.4 is 0 Å². The smallest absolute Gasteiger partial charge is 0.0794 e. The zero-order chi connectivity index (χ0) is 14.9. The number of aromatic nitrogens is 2. The minimum Gasteiger partial charge on any atom is -0.292 e. The lowest BCUT2D eigenvalue weighted by Gasteiger charge is -2.35. The second-order valence-corrected chi connectivity index (χ2v) is 7.64. The molecule has 1 atom stereocenters. The summed E-state index contributed by atoms with van der Waals surface area (Å²) >= 11 is 3.68. The van der Waals surface area contributed by atoms with Gasteiger partial charge in [-0.2, -0.15) is 5.10 Å². The predicted molar refractivity (Wildman–Crippen MR) is 101 cm³/mol. The molecule has 1 unspecified atom stereocenters. The predicted octanol–water partition coefficient (Wildman–Crippen LogP) is 5.13. The highest BCUT2D eigenvalue weighted by Gasteiger charge is 2.27. The highest BCUT2D eigenvalue weighted by molar-refractivity contribution is 7.13. The van der Waals surface area contributed by atoms with E-state index in [0.29, 0.717) is 6.04 Å². The first kappa shape index (κ1) is 16.7. The van der Waals surface area contributed by atoms with E-state index >= 15 is 0 Å². The van der Waals surface area contributed by atoms with Crippen LogP contribution in [0.2, 0.25) is 0 Å². The molecule has 1 aliphatic rings. The first-order valence-electron chi connectivity index (χ1n) is 7.73. The van der Waals surface area contributed by atoms with Crippen molar-refractivity contribution in [3.8, 4) is 10.6 Å². The number of fused-ring (bicyclic) bond motifs is 1. The molecule has 4 heterocycles. The van der Waals surface area contributed by atoms with Gasteiger partial charge in [0.2, 0.25) is 0 Å². The van der Waals surface area contributed by atoms with E-state index < -0.39 is 0 Å². The van der Waals surface area contributed by atoms with Crippen molar-refractivity contribution >= 4 is 35.1 Å². The molecule has 0 aliphatic carbocycles. The van der Waals surface area contributed by atoms with Crippen molar-refractivity contribution in [2.75, 3.05) is 6.54 Å². The average Bonchev–Trinajstić information content (AvgIpc) is 3.27. The molecule has 0 amide bonds. The molecule has 0 radical (unpaired) electrons. The summed E-state index contributed by atoms with van der Waals surface area (Å²) in [6.07, 6.45) is 4.33. The highest BCUT2D eigenvalue weighted by atomic mass is 35.5. The van der Waals surface area contributed by atoms with Gasteiger partial charge in [-0.05, 0) is 41.3 Å². The van der Waals surface area contributed by atoms with Crippen LogP contribution in [0.4, 0.5) is 0 Å². The number of hydrogen-bond acceptors (Lipinski definition) is 4. The lowest BCUT2D eigenvalue weighted by atomic mass is 9.97. The molecule has 6 heteroatoms. The Labute approximate surface area is 150 Å². The number of aromatic amines is 1. The van der Waals surface area contributed by atoms with E-state index in [-0.39, 0.29) is 12.4 Å². The number of hydrogen-bond donors (Lipinski definition) is 1. The zero-order valence-corrected chi connectivity index (χ0v) is 15.4. The van der Waals surface area contributed by atoms with Crippen LogP contribution in [-0.2, 0) is 13.0 Å². The van der Waals surface area contributed by atoms with Crippen molar-refractivity contribution < 1.29 is 0 Å². The topological polar surface area (TPSA) is 31.9 Å². The van der Waals surface area contributed by atoms with Gasteiger partial charge in [-0.1, -0.05) is 13.0 Å². The SMILES string of the molecule is CCC1c2ccsc2CCN1Cc1cn[nH]c1-c1cccs1.Cl.